The number of hydrogen-bond donors (Lipinski definition) is 1. The van der Waals surface area contributed by atoms with Crippen molar-refractivity contribution in [3.8, 4) is 0 Å². The Hall–Kier alpha value is -3.50. The van der Waals surface area contributed by atoms with Crippen molar-refractivity contribution < 1.29 is 33.9 Å². The van der Waals surface area contributed by atoms with Gasteiger partial charge in [0.2, 0.25) is 5.78 Å². The zero-order valence-corrected chi connectivity index (χ0v) is 20.2. The summed E-state index contributed by atoms with van der Waals surface area (Å²) < 4.78 is 4.89. The van der Waals surface area contributed by atoms with Crippen LogP contribution in [0, 0.1) is 0 Å². The number of Topliss-reactive ketones (excluding diaryl/α,β-unsaturated/α-hetero) is 1. The maximum atomic E-state index is 13.0. The van der Waals surface area contributed by atoms with E-state index >= 15 is 0 Å². The molecule has 0 fully saturated rings. The summed E-state index contributed by atoms with van der Waals surface area (Å²) in [5.41, 5.74) is 0.625. The standard InChI is InChI=1S/C24H26N2O7S/c1-5-26(4)23(30)21-14-19(10-11-20(21)22(29)15(2)25-33-16(3)28)34-18-8-6-17(7-9-18)24(31)32-13-12-27/h6-11,14,27H,5,12-13H2,1-4H3. The van der Waals surface area contributed by atoms with E-state index in [1.54, 1.807) is 43.4 Å². The second-order valence-corrected chi connectivity index (χ2v) is 8.25. The topological polar surface area (TPSA) is 123 Å². The van der Waals surface area contributed by atoms with E-state index in [-0.39, 0.29) is 36.0 Å². The molecular weight excluding hydrogens is 460 g/mol. The van der Waals surface area contributed by atoms with Crippen molar-refractivity contribution in [1.29, 1.82) is 0 Å². The normalized spacial score (nSPS) is 11.0. The lowest BCUT2D eigenvalue weighted by atomic mass is 10.00. The van der Waals surface area contributed by atoms with Gasteiger partial charge in [0, 0.05) is 35.9 Å². The fraction of sp³-hybridized carbons (Fsp3) is 0.292. The highest BCUT2D eigenvalue weighted by Crippen LogP contribution is 2.30. The lowest BCUT2D eigenvalue weighted by Gasteiger charge is -2.17. The molecule has 0 bridgehead atoms. The maximum absolute atomic E-state index is 13.0. The first-order chi connectivity index (χ1) is 16.2. The van der Waals surface area contributed by atoms with Crippen LogP contribution < -0.4 is 0 Å². The molecule has 0 aliphatic heterocycles. The number of rotatable bonds is 10. The number of benzene rings is 2. The molecule has 0 saturated heterocycles. The first-order valence-corrected chi connectivity index (χ1v) is 11.2. The summed E-state index contributed by atoms with van der Waals surface area (Å²) in [4.78, 5) is 56.2. The first-order valence-electron chi connectivity index (χ1n) is 10.4. The SMILES string of the molecule is CCN(C)C(=O)c1cc(Sc2ccc(C(=O)OCCO)cc2)ccc1C(=O)C(C)=NOC(C)=O. The third-order valence-electron chi connectivity index (χ3n) is 4.58. The minimum Gasteiger partial charge on any atom is -0.460 e. The predicted octanol–water partition coefficient (Wildman–Crippen LogP) is 3.20. The lowest BCUT2D eigenvalue weighted by Crippen LogP contribution is -2.28. The largest absolute Gasteiger partial charge is 0.460 e. The van der Waals surface area contributed by atoms with Crippen molar-refractivity contribution in [2.45, 2.75) is 30.6 Å². The summed E-state index contributed by atoms with van der Waals surface area (Å²) in [6, 6.07) is 11.5. The Bertz CT molecular complexity index is 1100. The molecule has 2 aromatic carbocycles. The number of hydrogen-bond acceptors (Lipinski definition) is 9. The Balaban J connectivity index is 2.34. The molecule has 34 heavy (non-hydrogen) atoms. The second kappa shape index (κ2) is 12.7. The third kappa shape index (κ3) is 7.26. The molecule has 0 atom stereocenters. The van der Waals surface area contributed by atoms with E-state index in [9.17, 15) is 19.2 Å². The number of amides is 1. The van der Waals surface area contributed by atoms with Gasteiger partial charge in [0.15, 0.2) is 0 Å². The Morgan fingerprint density at radius 1 is 1.00 bits per heavy atom. The number of carbonyl (C=O) groups excluding carboxylic acids is 4. The van der Waals surface area contributed by atoms with Crippen LogP contribution in [-0.2, 0) is 14.4 Å². The van der Waals surface area contributed by atoms with Crippen LogP contribution in [0.1, 0.15) is 51.8 Å². The van der Waals surface area contributed by atoms with Crippen LogP contribution in [0.25, 0.3) is 0 Å². The average molecular weight is 487 g/mol. The van der Waals surface area contributed by atoms with E-state index < -0.39 is 17.7 Å². The number of nitrogens with zero attached hydrogens (tertiary/aromatic N) is 2. The Morgan fingerprint density at radius 3 is 2.24 bits per heavy atom. The van der Waals surface area contributed by atoms with Gasteiger partial charge in [-0.3, -0.25) is 9.59 Å². The van der Waals surface area contributed by atoms with Gasteiger partial charge in [-0.1, -0.05) is 16.9 Å². The molecular formula is C24H26N2O7S. The van der Waals surface area contributed by atoms with Crippen LogP contribution in [0.15, 0.2) is 57.4 Å². The predicted molar refractivity (Wildman–Crippen MR) is 126 cm³/mol. The van der Waals surface area contributed by atoms with Crippen molar-refractivity contribution in [3.05, 3.63) is 59.2 Å². The fourth-order valence-electron chi connectivity index (χ4n) is 2.70. The van der Waals surface area contributed by atoms with Crippen LogP contribution in [-0.4, -0.2) is 66.2 Å². The van der Waals surface area contributed by atoms with Crippen molar-refractivity contribution in [2.24, 2.45) is 5.16 Å². The van der Waals surface area contributed by atoms with E-state index in [0.717, 1.165) is 4.90 Å². The Labute approximate surface area is 201 Å². The zero-order valence-electron chi connectivity index (χ0n) is 19.4. The highest BCUT2D eigenvalue weighted by molar-refractivity contribution is 7.99. The molecule has 10 heteroatoms. The molecule has 0 radical (unpaired) electrons. The maximum Gasteiger partial charge on any atom is 0.338 e. The number of oxime groups is 1. The molecule has 0 unspecified atom stereocenters. The van der Waals surface area contributed by atoms with E-state index in [4.69, 9.17) is 9.84 Å². The van der Waals surface area contributed by atoms with Crippen molar-refractivity contribution in [1.82, 2.24) is 4.90 Å². The van der Waals surface area contributed by atoms with Gasteiger partial charge in [-0.2, -0.15) is 0 Å². The second-order valence-electron chi connectivity index (χ2n) is 7.10. The van der Waals surface area contributed by atoms with Crippen LogP contribution in [0.4, 0.5) is 0 Å². The van der Waals surface area contributed by atoms with Gasteiger partial charge in [-0.25, -0.2) is 9.59 Å². The van der Waals surface area contributed by atoms with Crippen molar-refractivity contribution in [2.75, 3.05) is 26.8 Å². The first kappa shape index (κ1) is 26.7. The van der Waals surface area contributed by atoms with Gasteiger partial charge >= 0.3 is 11.9 Å². The minimum absolute atomic E-state index is 0.0625. The number of esters is 1. The highest BCUT2D eigenvalue weighted by atomic mass is 32.2. The van der Waals surface area contributed by atoms with Gasteiger partial charge in [-0.05, 0) is 56.3 Å². The fourth-order valence-corrected chi connectivity index (χ4v) is 3.55. The molecule has 0 aliphatic carbocycles. The zero-order chi connectivity index (χ0) is 25.3. The van der Waals surface area contributed by atoms with Crippen LogP contribution in [0.5, 0.6) is 0 Å². The van der Waals surface area contributed by atoms with Crippen molar-refractivity contribution >= 4 is 41.1 Å². The van der Waals surface area contributed by atoms with Crippen LogP contribution >= 0.6 is 11.8 Å². The number of aliphatic hydroxyl groups is 1. The van der Waals surface area contributed by atoms with E-state index in [0.29, 0.717) is 17.0 Å². The summed E-state index contributed by atoms with van der Waals surface area (Å²) in [6.07, 6.45) is 0. The summed E-state index contributed by atoms with van der Waals surface area (Å²) >= 11 is 1.35. The van der Waals surface area contributed by atoms with E-state index in [2.05, 4.69) is 9.99 Å². The Morgan fingerprint density at radius 2 is 1.65 bits per heavy atom. The number of ether oxygens (including phenoxy) is 1. The Kier molecular flexibility index (Phi) is 9.96. The molecule has 1 N–H and O–H groups in total. The summed E-state index contributed by atoms with van der Waals surface area (Å²) in [7, 11) is 1.63. The van der Waals surface area contributed by atoms with E-state index in [1.165, 1.54) is 36.6 Å². The molecule has 2 rings (SSSR count). The number of aliphatic hydroxyl groups excluding tert-OH is 1. The summed E-state index contributed by atoms with van der Waals surface area (Å²) in [5, 5.41) is 12.3. The quantitative estimate of drug-likeness (QED) is 0.179. The highest BCUT2D eigenvalue weighted by Gasteiger charge is 2.22. The van der Waals surface area contributed by atoms with Gasteiger partial charge in [0.05, 0.1) is 17.7 Å². The van der Waals surface area contributed by atoms with Crippen LogP contribution in [0.2, 0.25) is 0 Å². The van der Waals surface area contributed by atoms with Crippen LogP contribution in [0.3, 0.4) is 0 Å². The lowest BCUT2D eigenvalue weighted by molar-refractivity contribution is -0.140. The van der Waals surface area contributed by atoms with E-state index in [1.807, 2.05) is 6.92 Å². The molecule has 0 heterocycles. The summed E-state index contributed by atoms with van der Waals surface area (Å²) in [6.45, 7) is 4.51. The molecule has 9 nitrogen and oxygen atoms in total. The molecule has 180 valence electrons. The molecule has 0 aliphatic rings. The van der Waals surface area contributed by atoms with Gasteiger partial charge in [-0.15, -0.1) is 0 Å². The molecule has 0 saturated carbocycles. The molecule has 0 aromatic heterocycles. The average Bonchev–Trinajstić information content (AvgIpc) is 2.84. The van der Waals surface area contributed by atoms with Gasteiger partial charge < -0.3 is 19.6 Å². The summed E-state index contributed by atoms with van der Waals surface area (Å²) in [5.74, 6) is -2.06. The number of carbonyl (C=O) groups is 4. The van der Waals surface area contributed by atoms with Gasteiger partial charge in [0.1, 0.15) is 12.3 Å². The molecule has 0 spiro atoms. The number of ketones is 1. The monoisotopic (exact) mass is 486 g/mol. The smallest absolute Gasteiger partial charge is 0.338 e. The molecule has 2 aromatic rings. The van der Waals surface area contributed by atoms with Gasteiger partial charge in [0.25, 0.3) is 5.91 Å². The van der Waals surface area contributed by atoms with Crippen molar-refractivity contribution in [3.63, 3.8) is 0 Å². The third-order valence-corrected chi connectivity index (χ3v) is 5.57. The minimum atomic E-state index is -0.659. The molecule has 1 amide bonds.